The fraction of sp³-hybridized carbons (Fsp3) is 0.562. The predicted molar refractivity (Wildman–Crippen MR) is 73.9 cm³/mol. The molecule has 3 atom stereocenters. The van der Waals surface area contributed by atoms with Crippen LogP contribution in [0.1, 0.15) is 36.8 Å². The second kappa shape index (κ2) is 3.98. The van der Waals surface area contributed by atoms with Crippen molar-refractivity contribution >= 4 is 5.78 Å². The summed E-state index contributed by atoms with van der Waals surface area (Å²) >= 11 is 0. The number of benzene rings is 1. The van der Waals surface area contributed by atoms with Crippen LogP contribution in [0.4, 0.5) is 0 Å². The second-order valence-corrected chi connectivity index (χ2v) is 6.50. The molecule has 1 saturated heterocycles. The summed E-state index contributed by atoms with van der Waals surface area (Å²) in [4.78, 5) is 12.1. The molecule has 4 heteroatoms. The van der Waals surface area contributed by atoms with Crippen LogP contribution in [0.2, 0.25) is 0 Å². The molecule has 0 spiro atoms. The Kier molecular flexibility index (Phi) is 2.43. The summed E-state index contributed by atoms with van der Waals surface area (Å²) < 4.78 is 0. The Morgan fingerprint density at radius 2 is 2.15 bits per heavy atom. The average molecular weight is 273 g/mol. The van der Waals surface area contributed by atoms with Crippen molar-refractivity contribution in [2.45, 2.75) is 43.6 Å². The maximum Gasteiger partial charge on any atom is 0.161 e. The Morgan fingerprint density at radius 1 is 1.30 bits per heavy atom. The first-order chi connectivity index (χ1) is 9.62. The standard InChI is InChI=1S/C16H19NO3/c18-10-2-3-11-12-7-9-1-4-13(19)15(20)14(9)16(11,8-10)5-6-17-12/h1,4,11-12,17,19-20H,2-3,5-8H2. The van der Waals surface area contributed by atoms with Crippen molar-refractivity contribution < 1.29 is 15.0 Å². The van der Waals surface area contributed by atoms with Gasteiger partial charge in [0.25, 0.3) is 0 Å². The first-order valence-corrected chi connectivity index (χ1v) is 7.41. The third kappa shape index (κ3) is 1.43. The van der Waals surface area contributed by atoms with Gasteiger partial charge in [0, 0.05) is 29.9 Å². The average Bonchev–Trinajstić information content (AvgIpc) is 2.41. The molecule has 4 rings (SSSR count). The molecule has 0 radical (unpaired) electrons. The highest BCUT2D eigenvalue weighted by molar-refractivity contribution is 5.82. The van der Waals surface area contributed by atoms with E-state index in [1.807, 2.05) is 6.07 Å². The van der Waals surface area contributed by atoms with E-state index in [0.717, 1.165) is 36.9 Å². The number of nitrogens with one attached hydrogen (secondary N) is 1. The van der Waals surface area contributed by atoms with E-state index in [9.17, 15) is 15.0 Å². The van der Waals surface area contributed by atoms with Crippen molar-refractivity contribution in [1.29, 1.82) is 0 Å². The molecule has 1 saturated carbocycles. The number of piperidine rings is 1. The van der Waals surface area contributed by atoms with Gasteiger partial charge in [-0.2, -0.15) is 0 Å². The molecule has 2 fully saturated rings. The lowest BCUT2D eigenvalue weighted by molar-refractivity contribution is -0.125. The molecule has 0 amide bonds. The highest BCUT2D eigenvalue weighted by Crippen LogP contribution is 2.56. The van der Waals surface area contributed by atoms with E-state index < -0.39 is 0 Å². The molecule has 2 aliphatic carbocycles. The number of phenols is 2. The summed E-state index contributed by atoms with van der Waals surface area (Å²) in [5.41, 5.74) is 1.68. The van der Waals surface area contributed by atoms with Crippen molar-refractivity contribution in [2.24, 2.45) is 5.92 Å². The van der Waals surface area contributed by atoms with Gasteiger partial charge >= 0.3 is 0 Å². The number of Topliss-reactive ketones (excluding diaryl/α,β-unsaturated/α-hetero) is 1. The highest BCUT2D eigenvalue weighted by atomic mass is 16.3. The number of hydrogen-bond acceptors (Lipinski definition) is 4. The number of carbonyl (C=O) groups is 1. The minimum absolute atomic E-state index is 0.00236. The number of hydrogen-bond donors (Lipinski definition) is 3. The van der Waals surface area contributed by atoms with Crippen LogP contribution in [-0.4, -0.2) is 28.6 Å². The van der Waals surface area contributed by atoms with Crippen LogP contribution < -0.4 is 5.32 Å². The largest absolute Gasteiger partial charge is 0.504 e. The first-order valence-electron chi connectivity index (χ1n) is 7.41. The monoisotopic (exact) mass is 273 g/mol. The van der Waals surface area contributed by atoms with E-state index in [0.29, 0.717) is 24.8 Å². The molecule has 1 aromatic rings. The van der Waals surface area contributed by atoms with Crippen molar-refractivity contribution in [2.75, 3.05) is 6.54 Å². The molecule has 4 nitrogen and oxygen atoms in total. The molecule has 1 aliphatic heterocycles. The molecule has 3 N–H and O–H groups in total. The van der Waals surface area contributed by atoms with E-state index in [1.54, 1.807) is 6.07 Å². The zero-order chi connectivity index (χ0) is 13.9. The Labute approximate surface area is 117 Å². The minimum atomic E-state index is -0.262. The van der Waals surface area contributed by atoms with Crippen molar-refractivity contribution in [3.8, 4) is 11.5 Å². The summed E-state index contributed by atoms with van der Waals surface area (Å²) in [7, 11) is 0. The Bertz CT molecular complexity index is 598. The summed E-state index contributed by atoms with van der Waals surface area (Å²) in [5.74, 6) is 0.626. The third-order valence-corrected chi connectivity index (χ3v) is 5.60. The van der Waals surface area contributed by atoms with Crippen LogP contribution >= 0.6 is 0 Å². The lowest BCUT2D eigenvalue weighted by Crippen LogP contribution is -2.60. The lowest BCUT2D eigenvalue weighted by Gasteiger charge is -2.55. The molecular formula is C16H19NO3. The molecule has 1 aromatic carbocycles. The molecule has 2 bridgehead atoms. The number of fused-ring (bicyclic) bond motifs is 1. The number of rotatable bonds is 0. The van der Waals surface area contributed by atoms with Crippen LogP contribution in [0.25, 0.3) is 0 Å². The highest BCUT2D eigenvalue weighted by Gasteiger charge is 2.54. The normalized spacial score (nSPS) is 35.3. The summed E-state index contributed by atoms with van der Waals surface area (Å²) in [5, 5.41) is 23.8. The Morgan fingerprint density at radius 3 is 3.00 bits per heavy atom. The molecule has 0 aromatic heterocycles. The van der Waals surface area contributed by atoms with Gasteiger partial charge in [-0.3, -0.25) is 4.79 Å². The summed E-state index contributed by atoms with van der Waals surface area (Å²) in [6.07, 6.45) is 3.80. The van der Waals surface area contributed by atoms with Crippen molar-refractivity contribution in [3.63, 3.8) is 0 Å². The second-order valence-electron chi connectivity index (χ2n) is 6.50. The van der Waals surface area contributed by atoms with Gasteiger partial charge in [0.15, 0.2) is 11.5 Å². The van der Waals surface area contributed by atoms with Crippen molar-refractivity contribution in [1.82, 2.24) is 5.32 Å². The number of aromatic hydroxyl groups is 2. The quantitative estimate of drug-likeness (QED) is 0.628. The maximum absolute atomic E-state index is 12.1. The minimum Gasteiger partial charge on any atom is -0.504 e. The van der Waals surface area contributed by atoms with Crippen molar-refractivity contribution in [3.05, 3.63) is 23.3 Å². The van der Waals surface area contributed by atoms with Crippen LogP contribution in [0.5, 0.6) is 11.5 Å². The molecule has 3 aliphatic rings. The SMILES string of the molecule is O=C1CCC2C3Cc4ccc(O)c(O)c4C2(CCN3)C1. The molecule has 1 heterocycles. The van der Waals surface area contributed by atoms with Crippen LogP contribution in [-0.2, 0) is 16.6 Å². The van der Waals surface area contributed by atoms with Crippen LogP contribution in [0.3, 0.4) is 0 Å². The third-order valence-electron chi connectivity index (χ3n) is 5.60. The van der Waals surface area contributed by atoms with Gasteiger partial charge in [0.05, 0.1) is 0 Å². The topological polar surface area (TPSA) is 69.6 Å². The van der Waals surface area contributed by atoms with E-state index in [2.05, 4.69) is 5.32 Å². The number of ketones is 1. The van der Waals surface area contributed by atoms with E-state index in [-0.39, 0.29) is 22.7 Å². The van der Waals surface area contributed by atoms with Gasteiger partial charge in [-0.05, 0) is 43.4 Å². The lowest BCUT2D eigenvalue weighted by atomic mass is 9.52. The smallest absolute Gasteiger partial charge is 0.161 e. The van der Waals surface area contributed by atoms with Gasteiger partial charge in [-0.1, -0.05) is 6.07 Å². The van der Waals surface area contributed by atoms with Gasteiger partial charge < -0.3 is 15.5 Å². The van der Waals surface area contributed by atoms with Gasteiger partial charge in [0.1, 0.15) is 5.78 Å². The summed E-state index contributed by atoms with van der Waals surface area (Å²) in [6, 6.07) is 3.86. The van der Waals surface area contributed by atoms with Gasteiger partial charge in [-0.25, -0.2) is 0 Å². The molecule has 3 unspecified atom stereocenters. The Hall–Kier alpha value is -1.55. The molecular weight excluding hydrogens is 254 g/mol. The fourth-order valence-corrected chi connectivity index (χ4v) is 4.84. The maximum atomic E-state index is 12.1. The first kappa shape index (κ1) is 12.2. The number of phenolic OH excluding ortho intramolecular Hbond substituents is 2. The molecule has 106 valence electrons. The summed E-state index contributed by atoms with van der Waals surface area (Å²) in [6.45, 7) is 0.878. The predicted octanol–water partition coefficient (Wildman–Crippen LogP) is 1.62. The Balaban J connectivity index is 1.97. The van der Waals surface area contributed by atoms with Gasteiger partial charge in [-0.15, -0.1) is 0 Å². The van der Waals surface area contributed by atoms with E-state index >= 15 is 0 Å². The van der Waals surface area contributed by atoms with Gasteiger partial charge in [0.2, 0.25) is 0 Å². The fourth-order valence-electron chi connectivity index (χ4n) is 4.84. The van der Waals surface area contributed by atoms with E-state index in [4.69, 9.17) is 0 Å². The van der Waals surface area contributed by atoms with Crippen LogP contribution in [0.15, 0.2) is 12.1 Å². The zero-order valence-corrected chi connectivity index (χ0v) is 11.4. The van der Waals surface area contributed by atoms with Crippen LogP contribution in [0, 0.1) is 5.92 Å². The zero-order valence-electron chi connectivity index (χ0n) is 11.4. The number of carbonyl (C=O) groups excluding carboxylic acids is 1. The van der Waals surface area contributed by atoms with E-state index in [1.165, 1.54) is 0 Å². The molecule has 20 heavy (non-hydrogen) atoms.